The molecule has 0 aromatic heterocycles. The Morgan fingerprint density at radius 1 is 1.11 bits per heavy atom. The minimum Gasteiger partial charge on any atom is -0.497 e. The molecule has 0 saturated heterocycles. The molecule has 0 spiro atoms. The van der Waals surface area contributed by atoms with E-state index in [9.17, 15) is 4.39 Å². The number of halogens is 1. The van der Waals surface area contributed by atoms with Crippen LogP contribution < -0.4 is 10.1 Å². The van der Waals surface area contributed by atoms with E-state index in [1.807, 2.05) is 37.3 Å². The maximum Gasteiger partial charge on any atom is 0.123 e. The van der Waals surface area contributed by atoms with Gasteiger partial charge < -0.3 is 10.1 Å². The Morgan fingerprint density at radius 2 is 1.84 bits per heavy atom. The SMILES string of the molecule is CCNCc1cc(F)ccc1-c1ccc(OC)cc1. The highest BCUT2D eigenvalue weighted by Gasteiger charge is 2.06. The minimum atomic E-state index is -0.204. The molecule has 0 amide bonds. The van der Waals surface area contributed by atoms with Gasteiger partial charge in [0, 0.05) is 6.54 Å². The van der Waals surface area contributed by atoms with Crippen LogP contribution in [-0.2, 0) is 6.54 Å². The topological polar surface area (TPSA) is 21.3 Å². The van der Waals surface area contributed by atoms with Gasteiger partial charge in [-0.15, -0.1) is 0 Å². The Balaban J connectivity index is 2.36. The monoisotopic (exact) mass is 259 g/mol. The molecule has 0 heterocycles. The average molecular weight is 259 g/mol. The fraction of sp³-hybridized carbons (Fsp3) is 0.250. The normalized spacial score (nSPS) is 10.5. The first-order valence-corrected chi connectivity index (χ1v) is 6.38. The minimum absolute atomic E-state index is 0.204. The van der Waals surface area contributed by atoms with Crippen molar-refractivity contribution in [2.75, 3.05) is 13.7 Å². The van der Waals surface area contributed by atoms with Crippen molar-refractivity contribution >= 4 is 0 Å². The molecule has 19 heavy (non-hydrogen) atoms. The summed E-state index contributed by atoms with van der Waals surface area (Å²) in [6.45, 7) is 3.56. The maximum atomic E-state index is 13.4. The summed E-state index contributed by atoms with van der Waals surface area (Å²) in [6, 6.07) is 12.7. The predicted molar refractivity (Wildman–Crippen MR) is 75.8 cm³/mol. The smallest absolute Gasteiger partial charge is 0.123 e. The Labute approximate surface area is 113 Å². The number of ether oxygens (including phenoxy) is 1. The van der Waals surface area contributed by atoms with Crippen LogP contribution in [-0.4, -0.2) is 13.7 Å². The maximum absolute atomic E-state index is 13.4. The van der Waals surface area contributed by atoms with Gasteiger partial charge in [-0.3, -0.25) is 0 Å². The Morgan fingerprint density at radius 3 is 2.47 bits per heavy atom. The van der Waals surface area contributed by atoms with E-state index in [0.717, 1.165) is 29.0 Å². The van der Waals surface area contributed by atoms with Crippen molar-refractivity contribution in [2.45, 2.75) is 13.5 Å². The van der Waals surface area contributed by atoms with Crippen LogP contribution in [0.25, 0.3) is 11.1 Å². The summed E-state index contributed by atoms with van der Waals surface area (Å²) in [6.07, 6.45) is 0. The second kappa shape index (κ2) is 6.34. The first kappa shape index (κ1) is 13.6. The third-order valence-corrected chi connectivity index (χ3v) is 3.03. The summed E-state index contributed by atoms with van der Waals surface area (Å²) in [5.74, 6) is 0.615. The van der Waals surface area contributed by atoms with Crippen molar-refractivity contribution < 1.29 is 9.13 Å². The van der Waals surface area contributed by atoms with Crippen molar-refractivity contribution in [3.8, 4) is 16.9 Å². The van der Waals surface area contributed by atoms with Gasteiger partial charge in [0.2, 0.25) is 0 Å². The average Bonchev–Trinajstić information content (AvgIpc) is 2.45. The highest BCUT2D eigenvalue weighted by atomic mass is 19.1. The van der Waals surface area contributed by atoms with Crippen LogP contribution in [0.15, 0.2) is 42.5 Å². The number of hydrogen-bond acceptors (Lipinski definition) is 2. The molecule has 0 fully saturated rings. The number of rotatable bonds is 5. The largest absolute Gasteiger partial charge is 0.497 e. The van der Waals surface area contributed by atoms with E-state index in [4.69, 9.17) is 4.74 Å². The zero-order valence-electron chi connectivity index (χ0n) is 11.2. The predicted octanol–water partition coefficient (Wildman–Crippen LogP) is 3.61. The van der Waals surface area contributed by atoms with Crippen LogP contribution in [0, 0.1) is 5.82 Å². The van der Waals surface area contributed by atoms with Crippen molar-refractivity contribution in [3.05, 3.63) is 53.8 Å². The summed E-state index contributed by atoms with van der Waals surface area (Å²) < 4.78 is 18.5. The van der Waals surface area contributed by atoms with E-state index in [-0.39, 0.29) is 5.82 Å². The van der Waals surface area contributed by atoms with Crippen LogP contribution in [0.2, 0.25) is 0 Å². The summed E-state index contributed by atoms with van der Waals surface area (Å²) >= 11 is 0. The molecule has 0 atom stereocenters. The van der Waals surface area contributed by atoms with Crippen molar-refractivity contribution in [3.63, 3.8) is 0 Å². The molecule has 3 heteroatoms. The first-order valence-electron chi connectivity index (χ1n) is 6.38. The second-order valence-corrected chi connectivity index (χ2v) is 4.31. The first-order chi connectivity index (χ1) is 9.24. The van der Waals surface area contributed by atoms with E-state index in [0.29, 0.717) is 6.54 Å². The third kappa shape index (κ3) is 3.32. The highest BCUT2D eigenvalue weighted by Crippen LogP contribution is 2.26. The second-order valence-electron chi connectivity index (χ2n) is 4.31. The fourth-order valence-corrected chi connectivity index (χ4v) is 2.02. The lowest BCUT2D eigenvalue weighted by molar-refractivity contribution is 0.415. The lowest BCUT2D eigenvalue weighted by Crippen LogP contribution is -2.12. The standard InChI is InChI=1S/C16H18FNO/c1-3-18-11-13-10-14(17)6-9-16(13)12-4-7-15(19-2)8-5-12/h4-10,18H,3,11H2,1-2H3. The fourth-order valence-electron chi connectivity index (χ4n) is 2.02. The molecule has 2 rings (SSSR count). The molecule has 2 nitrogen and oxygen atoms in total. The van der Waals surface area contributed by atoms with Gasteiger partial charge in [-0.05, 0) is 47.5 Å². The molecule has 0 saturated carbocycles. The highest BCUT2D eigenvalue weighted by molar-refractivity contribution is 5.68. The number of benzene rings is 2. The zero-order valence-corrected chi connectivity index (χ0v) is 11.2. The van der Waals surface area contributed by atoms with E-state index in [1.165, 1.54) is 6.07 Å². The summed E-state index contributed by atoms with van der Waals surface area (Å²) in [5, 5.41) is 3.23. The molecule has 0 radical (unpaired) electrons. The van der Waals surface area contributed by atoms with E-state index in [2.05, 4.69) is 5.32 Å². The zero-order chi connectivity index (χ0) is 13.7. The number of hydrogen-bond donors (Lipinski definition) is 1. The summed E-state index contributed by atoms with van der Waals surface area (Å²) in [7, 11) is 1.64. The van der Waals surface area contributed by atoms with Crippen LogP contribution in [0.1, 0.15) is 12.5 Å². The van der Waals surface area contributed by atoms with Gasteiger partial charge in [-0.2, -0.15) is 0 Å². The third-order valence-electron chi connectivity index (χ3n) is 3.03. The van der Waals surface area contributed by atoms with Gasteiger partial charge in [0.05, 0.1) is 7.11 Å². The number of methoxy groups -OCH3 is 1. The molecule has 0 aliphatic rings. The molecular formula is C16H18FNO. The molecular weight excluding hydrogens is 241 g/mol. The lowest BCUT2D eigenvalue weighted by atomic mass is 9.99. The van der Waals surface area contributed by atoms with E-state index < -0.39 is 0 Å². The van der Waals surface area contributed by atoms with Gasteiger partial charge in [0.15, 0.2) is 0 Å². The Bertz CT molecular complexity index is 537. The quantitative estimate of drug-likeness (QED) is 0.885. The summed E-state index contributed by atoms with van der Waals surface area (Å²) in [5.41, 5.74) is 3.07. The summed E-state index contributed by atoms with van der Waals surface area (Å²) in [4.78, 5) is 0. The molecule has 0 aliphatic heterocycles. The number of nitrogens with one attached hydrogen (secondary N) is 1. The van der Waals surface area contributed by atoms with Gasteiger partial charge >= 0.3 is 0 Å². The van der Waals surface area contributed by atoms with Crippen molar-refractivity contribution in [1.82, 2.24) is 5.32 Å². The molecule has 100 valence electrons. The molecule has 2 aromatic rings. The van der Waals surface area contributed by atoms with Gasteiger partial charge in [-0.25, -0.2) is 4.39 Å². The van der Waals surface area contributed by atoms with Crippen LogP contribution in [0.5, 0.6) is 5.75 Å². The van der Waals surface area contributed by atoms with Crippen molar-refractivity contribution in [2.24, 2.45) is 0 Å². The van der Waals surface area contributed by atoms with Gasteiger partial charge in [0.1, 0.15) is 11.6 Å². The molecule has 0 aliphatic carbocycles. The van der Waals surface area contributed by atoms with E-state index >= 15 is 0 Å². The molecule has 1 N–H and O–H groups in total. The van der Waals surface area contributed by atoms with Crippen LogP contribution in [0.3, 0.4) is 0 Å². The van der Waals surface area contributed by atoms with Crippen molar-refractivity contribution in [1.29, 1.82) is 0 Å². The molecule has 0 bridgehead atoms. The Hall–Kier alpha value is -1.87. The van der Waals surface area contributed by atoms with Crippen LogP contribution in [0.4, 0.5) is 4.39 Å². The Kier molecular flexibility index (Phi) is 4.53. The van der Waals surface area contributed by atoms with Gasteiger partial charge in [-0.1, -0.05) is 25.1 Å². The van der Waals surface area contributed by atoms with Gasteiger partial charge in [0.25, 0.3) is 0 Å². The lowest BCUT2D eigenvalue weighted by Gasteiger charge is -2.11. The van der Waals surface area contributed by atoms with Crippen LogP contribution >= 0.6 is 0 Å². The molecule has 0 unspecified atom stereocenters. The molecule has 2 aromatic carbocycles. The van der Waals surface area contributed by atoms with E-state index in [1.54, 1.807) is 13.2 Å².